The van der Waals surface area contributed by atoms with Gasteiger partial charge in [-0.05, 0) is 46.4 Å². The molecule has 0 saturated carbocycles. The van der Waals surface area contributed by atoms with E-state index in [1.165, 1.54) is 0 Å². The van der Waals surface area contributed by atoms with Gasteiger partial charge in [0.1, 0.15) is 0 Å². The Morgan fingerprint density at radius 3 is 2.44 bits per heavy atom. The fourth-order valence-electron chi connectivity index (χ4n) is 1.35. The highest BCUT2D eigenvalue weighted by molar-refractivity contribution is 5.81. The largest absolute Gasteiger partial charge is 0.354 e. The van der Waals surface area contributed by atoms with Gasteiger partial charge in [-0.25, -0.2) is 0 Å². The first-order valence-corrected chi connectivity index (χ1v) is 6.11. The summed E-state index contributed by atoms with van der Waals surface area (Å²) in [5.74, 6) is 0.631. The number of rotatable bonds is 8. The average molecular weight is 229 g/mol. The van der Waals surface area contributed by atoms with E-state index in [4.69, 9.17) is 0 Å². The van der Waals surface area contributed by atoms with E-state index in [1.807, 2.05) is 21.0 Å². The minimum Gasteiger partial charge on any atom is -0.354 e. The van der Waals surface area contributed by atoms with Crippen LogP contribution in [0.25, 0.3) is 0 Å². The van der Waals surface area contributed by atoms with Crippen LogP contribution in [0, 0.1) is 5.92 Å². The van der Waals surface area contributed by atoms with Crippen molar-refractivity contribution in [1.82, 2.24) is 15.5 Å². The summed E-state index contributed by atoms with van der Waals surface area (Å²) in [5, 5.41) is 6.06. The Labute approximate surface area is 99.8 Å². The minimum atomic E-state index is -0.0457. The fourth-order valence-corrected chi connectivity index (χ4v) is 1.35. The van der Waals surface area contributed by atoms with Crippen LogP contribution in [0.1, 0.15) is 27.2 Å². The Bertz CT molecular complexity index is 195. The number of nitrogens with one attached hydrogen (secondary N) is 2. The molecule has 1 unspecified atom stereocenters. The lowest BCUT2D eigenvalue weighted by Crippen LogP contribution is -2.44. The number of amides is 1. The van der Waals surface area contributed by atoms with Gasteiger partial charge in [-0.2, -0.15) is 0 Å². The highest BCUT2D eigenvalue weighted by Crippen LogP contribution is 1.98. The van der Waals surface area contributed by atoms with Crippen LogP contribution in [0.3, 0.4) is 0 Å². The van der Waals surface area contributed by atoms with Gasteiger partial charge in [0.25, 0.3) is 0 Å². The Kier molecular flexibility index (Phi) is 8.21. The number of carbonyl (C=O) groups excluding carboxylic acids is 1. The lowest BCUT2D eigenvalue weighted by molar-refractivity contribution is -0.125. The molecule has 4 nitrogen and oxygen atoms in total. The minimum absolute atomic E-state index is 0.0457. The molecule has 1 amide bonds. The lowest BCUT2D eigenvalue weighted by Gasteiger charge is -2.24. The highest BCUT2D eigenvalue weighted by atomic mass is 16.2. The molecule has 4 heteroatoms. The molecule has 0 aliphatic carbocycles. The van der Waals surface area contributed by atoms with E-state index >= 15 is 0 Å². The maximum Gasteiger partial charge on any atom is 0.237 e. The molecule has 0 spiro atoms. The zero-order chi connectivity index (χ0) is 12.6. The summed E-state index contributed by atoms with van der Waals surface area (Å²) in [6.45, 7) is 8.84. The second kappa shape index (κ2) is 8.53. The molecule has 0 heterocycles. The molecular weight excluding hydrogens is 202 g/mol. The van der Waals surface area contributed by atoms with Crippen molar-refractivity contribution < 1.29 is 4.79 Å². The van der Waals surface area contributed by atoms with E-state index in [1.54, 1.807) is 0 Å². The number of hydrogen-bond acceptors (Lipinski definition) is 3. The molecule has 2 N–H and O–H groups in total. The van der Waals surface area contributed by atoms with Crippen molar-refractivity contribution in [3.8, 4) is 0 Å². The molecule has 0 aliphatic rings. The second-order valence-electron chi connectivity index (χ2n) is 4.75. The van der Waals surface area contributed by atoms with Gasteiger partial charge in [-0.1, -0.05) is 13.8 Å². The molecule has 0 rings (SSSR count). The molecule has 0 bridgehead atoms. The normalized spacial score (nSPS) is 13.2. The summed E-state index contributed by atoms with van der Waals surface area (Å²) in [7, 11) is 3.94. The van der Waals surface area contributed by atoms with Crippen LogP contribution in [-0.2, 0) is 4.79 Å². The Morgan fingerprint density at radius 2 is 1.94 bits per heavy atom. The Balaban J connectivity index is 3.82. The summed E-state index contributed by atoms with van der Waals surface area (Å²) < 4.78 is 0. The third-order valence-corrected chi connectivity index (χ3v) is 2.66. The third kappa shape index (κ3) is 6.80. The zero-order valence-electron chi connectivity index (χ0n) is 11.3. The first-order valence-electron chi connectivity index (χ1n) is 6.11. The van der Waals surface area contributed by atoms with E-state index in [0.717, 1.165) is 26.1 Å². The van der Waals surface area contributed by atoms with Gasteiger partial charge in [-0.15, -0.1) is 0 Å². The van der Waals surface area contributed by atoms with Crippen molar-refractivity contribution in [2.75, 3.05) is 33.7 Å². The predicted molar refractivity (Wildman–Crippen MR) is 68.5 cm³/mol. The summed E-state index contributed by atoms with van der Waals surface area (Å²) in [6.07, 6.45) is 1.06. The fraction of sp³-hybridized carbons (Fsp3) is 0.917. The standard InChI is InChI=1S/C12H27N3O/c1-10(2)9-14-12(16)11(3)15(5)8-6-7-13-4/h10-11,13H,6-9H2,1-5H3,(H,14,16). The predicted octanol–water partition coefficient (Wildman–Crippen LogP) is 0.688. The van der Waals surface area contributed by atoms with Crippen molar-refractivity contribution in [3.63, 3.8) is 0 Å². The summed E-state index contributed by atoms with van der Waals surface area (Å²) >= 11 is 0. The topological polar surface area (TPSA) is 44.4 Å². The smallest absolute Gasteiger partial charge is 0.237 e. The molecule has 0 fully saturated rings. The summed E-state index contributed by atoms with van der Waals surface area (Å²) in [6, 6.07) is -0.0457. The maximum atomic E-state index is 11.8. The summed E-state index contributed by atoms with van der Waals surface area (Å²) in [4.78, 5) is 13.8. The molecule has 0 aromatic heterocycles. The van der Waals surface area contributed by atoms with E-state index in [9.17, 15) is 4.79 Å². The number of likely N-dealkylation sites (N-methyl/N-ethyl adjacent to an activating group) is 1. The van der Waals surface area contributed by atoms with Gasteiger partial charge in [0, 0.05) is 6.54 Å². The SMILES string of the molecule is CNCCCN(C)C(C)C(=O)NCC(C)C. The van der Waals surface area contributed by atoms with Gasteiger partial charge in [0.15, 0.2) is 0 Å². The zero-order valence-corrected chi connectivity index (χ0v) is 11.3. The van der Waals surface area contributed by atoms with Crippen LogP contribution in [-0.4, -0.2) is 50.6 Å². The molecule has 0 aliphatic heterocycles. The Hall–Kier alpha value is -0.610. The molecule has 0 aromatic rings. The maximum absolute atomic E-state index is 11.8. The second-order valence-corrected chi connectivity index (χ2v) is 4.75. The monoisotopic (exact) mass is 229 g/mol. The van der Waals surface area contributed by atoms with Gasteiger partial charge in [0.05, 0.1) is 6.04 Å². The molecule has 0 saturated heterocycles. The highest BCUT2D eigenvalue weighted by Gasteiger charge is 2.16. The average Bonchev–Trinajstić information content (AvgIpc) is 2.24. The quantitative estimate of drug-likeness (QED) is 0.602. The van der Waals surface area contributed by atoms with Crippen LogP contribution in [0.15, 0.2) is 0 Å². The molecule has 16 heavy (non-hydrogen) atoms. The Morgan fingerprint density at radius 1 is 1.31 bits per heavy atom. The number of nitrogens with zero attached hydrogens (tertiary/aromatic N) is 1. The van der Waals surface area contributed by atoms with Crippen molar-refractivity contribution in [3.05, 3.63) is 0 Å². The molecule has 0 aromatic carbocycles. The lowest BCUT2D eigenvalue weighted by atomic mass is 10.2. The molecular formula is C12H27N3O. The van der Waals surface area contributed by atoms with E-state index in [-0.39, 0.29) is 11.9 Å². The van der Waals surface area contributed by atoms with E-state index in [2.05, 4.69) is 29.4 Å². The number of carbonyl (C=O) groups is 1. The molecule has 1 atom stereocenters. The van der Waals surface area contributed by atoms with Crippen molar-refractivity contribution in [2.45, 2.75) is 33.2 Å². The van der Waals surface area contributed by atoms with Gasteiger partial charge >= 0.3 is 0 Å². The first kappa shape index (κ1) is 15.4. The van der Waals surface area contributed by atoms with Crippen LogP contribution >= 0.6 is 0 Å². The third-order valence-electron chi connectivity index (χ3n) is 2.66. The number of hydrogen-bond donors (Lipinski definition) is 2. The van der Waals surface area contributed by atoms with Crippen molar-refractivity contribution >= 4 is 5.91 Å². The van der Waals surface area contributed by atoms with E-state index in [0.29, 0.717) is 5.92 Å². The first-order chi connectivity index (χ1) is 7.49. The molecule has 0 radical (unpaired) electrons. The van der Waals surface area contributed by atoms with Gasteiger partial charge < -0.3 is 10.6 Å². The van der Waals surface area contributed by atoms with Crippen LogP contribution < -0.4 is 10.6 Å². The van der Waals surface area contributed by atoms with Crippen molar-refractivity contribution in [2.24, 2.45) is 5.92 Å². The van der Waals surface area contributed by atoms with Gasteiger partial charge in [0.2, 0.25) is 5.91 Å². The molecule has 96 valence electrons. The van der Waals surface area contributed by atoms with Gasteiger partial charge in [-0.3, -0.25) is 9.69 Å². The van der Waals surface area contributed by atoms with E-state index < -0.39 is 0 Å². The van der Waals surface area contributed by atoms with Crippen LogP contribution in [0.2, 0.25) is 0 Å². The van der Waals surface area contributed by atoms with Crippen LogP contribution in [0.4, 0.5) is 0 Å². The van der Waals surface area contributed by atoms with Crippen molar-refractivity contribution in [1.29, 1.82) is 0 Å². The summed E-state index contributed by atoms with van der Waals surface area (Å²) in [5.41, 5.74) is 0. The van der Waals surface area contributed by atoms with Crippen LogP contribution in [0.5, 0.6) is 0 Å².